The van der Waals surface area contributed by atoms with E-state index < -0.39 is 0 Å². The van der Waals surface area contributed by atoms with E-state index in [1.54, 1.807) is 7.11 Å². The number of benzene rings is 1. The van der Waals surface area contributed by atoms with Crippen LogP contribution < -0.4 is 4.74 Å². The summed E-state index contributed by atoms with van der Waals surface area (Å²) >= 11 is 6.04. The van der Waals surface area contributed by atoms with E-state index in [1.165, 1.54) is 38.5 Å². The lowest BCUT2D eigenvalue weighted by Gasteiger charge is -2.08. The number of aromatic nitrogens is 2. The zero-order chi connectivity index (χ0) is 15.1. The highest BCUT2D eigenvalue weighted by Crippen LogP contribution is 2.23. The van der Waals surface area contributed by atoms with Crippen LogP contribution in [0, 0.1) is 0 Å². The van der Waals surface area contributed by atoms with Gasteiger partial charge in [-0.1, -0.05) is 39.0 Å². The number of unbranched alkanes of at least 4 members (excludes halogenated alkanes) is 5. The zero-order valence-corrected chi connectivity index (χ0v) is 13.8. The second-order valence-corrected chi connectivity index (χ2v) is 5.70. The molecule has 0 aliphatic rings. The normalized spacial score (nSPS) is 11.2. The Balaban J connectivity index is 2.05. The van der Waals surface area contributed by atoms with E-state index >= 15 is 0 Å². The van der Waals surface area contributed by atoms with E-state index in [2.05, 4.69) is 22.5 Å². The summed E-state index contributed by atoms with van der Waals surface area (Å²) in [4.78, 5) is 4.61. The van der Waals surface area contributed by atoms with E-state index in [9.17, 15) is 0 Å². The Hall–Kier alpha value is -1.22. The summed E-state index contributed by atoms with van der Waals surface area (Å²) in [5.74, 6) is 2.27. The Bertz CT molecular complexity index is 565. The second kappa shape index (κ2) is 8.28. The van der Waals surface area contributed by atoms with Crippen molar-refractivity contribution >= 4 is 22.6 Å². The van der Waals surface area contributed by atoms with Crippen LogP contribution in [0.2, 0.25) is 0 Å². The molecule has 1 aromatic carbocycles. The lowest BCUT2D eigenvalue weighted by molar-refractivity contribution is 0.415. The third-order valence-electron chi connectivity index (χ3n) is 3.89. The molecule has 1 aromatic heterocycles. The third-order valence-corrected chi connectivity index (χ3v) is 4.13. The van der Waals surface area contributed by atoms with Crippen LogP contribution in [0.25, 0.3) is 11.0 Å². The minimum absolute atomic E-state index is 0.451. The molecule has 4 heteroatoms. The van der Waals surface area contributed by atoms with Gasteiger partial charge >= 0.3 is 0 Å². The van der Waals surface area contributed by atoms with Gasteiger partial charge in [-0.05, 0) is 18.6 Å². The monoisotopic (exact) mass is 308 g/mol. The first-order valence-corrected chi connectivity index (χ1v) is 8.42. The van der Waals surface area contributed by atoms with Crippen molar-refractivity contribution in [2.75, 3.05) is 7.11 Å². The van der Waals surface area contributed by atoms with E-state index in [0.717, 1.165) is 29.2 Å². The molecule has 0 spiro atoms. The van der Waals surface area contributed by atoms with Gasteiger partial charge in [-0.25, -0.2) is 4.98 Å². The number of fused-ring (bicyclic) bond motifs is 1. The molecule has 0 N–H and O–H groups in total. The van der Waals surface area contributed by atoms with Crippen molar-refractivity contribution in [2.45, 2.75) is 57.9 Å². The Morgan fingerprint density at radius 3 is 2.62 bits per heavy atom. The third kappa shape index (κ3) is 4.13. The van der Waals surface area contributed by atoms with Gasteiger partial charge < -0.3 is 9.30 Å². The number of nitrogens with zero attached hydrogens (tertiary/aromatic N) is 2. The number of aryl methyl sites for hydroxylation is 1. The van der Waals surface area contributed by atoms with Crippen LogP contribution in [0.5, 0.6) is 5.75 Å². The summed E-state index contributed by atoms with van der Waals surface area (Å²) in [6.07, 6.45) is 7.75. The maximum atomic E-state index is 6.04. The molecule has 0 aliphatic heterocycles. The van der Waals surface area contributed by atoms with Gasteiger partial charge in [0.15, 0.2) is 0 Å². The fraction of sp³-hybridized carbons (Fsp3) is 0.588. The number of rotatable bonds is 9. The first-order chi connectivity index (χ1) is 10.3. The maximum Gasteiger partial charge on any atom is 0.124 e. The van der Waals surface area contributed by atoms with Crippen LogP contribution in [-0.4, -0.2) is 16.7 Å². The number of halogens is 1. The summed E-state index contributed by atoms with van der Waals surface area (Å²) in [5, 5.41) is 0. The predicted molar refractivity (Wildman–Crippen MR) is 89.2 cm³/mol. The Labute approximate surface area is 132 Å². The highest BCUT2D eigenvalue weighted by Gasteiger charge is 2.10. The summed E-state index contributed by atoms with van der Waals surface area (Å²) < 4.78 is 7.56. The van der Waals surface area contributed by atoms with Crippen molar-refractivity contribution in [3.05, 3.63) is 24.0 Å². The van der Waals surface area contributed by atoms with Gasteiger partial charge in [0.05, 0.1) is 24.0 Å². The average Bonchev–Trinajstić information content (AvgIpc) is 2.87. The van der Waals surface area contributed by atoms with Gasteiger partial charge in [0.25, 0.3) is 0 Å². The Morgan fingerprint density at radius 1 is 1.14 bits per heavy atom. The summed E-state index contributed by atoms with van der Waals surface area (Å²) in [5.41, 5.74) is 2.12. The molecule has 0 bridgehead atoms. The number of imidazole rings is 1. The van der Waals surface area contributed by atoms with E-state index in [4.69, 9.17) is 16.3 Å². The molecule has 0 atom stereocenters. The van der Waals surface area contributed by atoms with E-state index in [0.29, 0.717) is 5.88 Å². The van der Waals surface area contributed by atoms with E-state index in [-0.39, 0.29) is 0 Å². The van der Waals surface area contributed by atoms with Crippen LogP contribution in [-0.2, 0) is 12.4 Å². The van der Waals surface area contributed by atoms with Gasteiger partial charge in [-0.3, -0.25) is 0 Å². The molecular weight excluding hydrogens is 284 g/mol. The molecule has 116 valence electrons. The predicted octanol–water partition coefficient (Wildman–Crippen LogP) is 5.14. The van der Waals surface area contributed by atoms with Crippen LogP contribution >= 0.6 is 11.6 Å². The summed E-state index contributed by atoms with van der Waals surface area (Å²) in [6.45, 7) is 3.23. The zero-order valence-electron chi connectivity index (χ0n) is 13.1. The molecule has 0 fully saturated rings. The van der Waals surface area contributed by atoms with Crippen LogP contribution in [0.4, 0.5) is 0 Å². The van der Waals surface area contributed by atoms with Crippen molar-refractivity contribution in [3.63, 3.8) is 0 Å². The van der Waals surface area contributed by atoms with Crippen molar-refractivity contribution in [3.8, 4) is 5.75 Å². The first kappa shape index (κ1) is 16.2. The quantitative estimate of drug-likeness (QED) is 0.473. The molecule has 1 heterocycles. The number of methoxy groups -OCH3 is 1. The molecule has 0 unspecified atom stereocenters. The standard InChI is InChI=1S/C17H25ClN2O/c1-3-4-5-6-7-8-11-20-16-12-14(21-2)9-10-15(16)19-17(20)13-18/h9-10,12H,3-8,11,13H2,1-2H3. The molecule has 2 rings (SSSR count). The van der Waals surface area contributed by atoms with Crippen LogP contribution in [0.3, 0.4) is 0 Å². The molecule has 3 nitrogen and oxygen atoms in total. The molecule has 2 aromatic rings. The fourth-order valence-electron chi connectivity index (χ4n) is 2.68. The fourth-order valence-corrected chi connectivity index (χ4v) is 2.89. The minimum Gasteiger partial charge on any atom is -0.497 e. The van der Waals surface area contributed by atoms with Crippen LogP contribution in [0.1, 0.15) is 51.3 Å². The molecule has 0 saturated carbocycles. The number of alkyl halides is 1. The minimum atomic E-state index is 0.451. The number of ether oxygens (including phenoxy) is 1. The van der Waals surface area contributed by atoms with Gasteiger partial charge in [0.1, 0.15) is 11.6 Å². The molecule has 0 saturated heterocycles. The molecule has 21 heavy (non-hydrogen) atoms. The average molecular weight is 309 g/mol. The van der Waals surface area contributed by atoms with Gasteiger partial charge in [0.2, 0.25) is 0 Å². The van der Waals surface area contributed by atoms with Crippen molar-refractivity contribution in [1.29, 1.82) is 0 Å². The summed E-state index contributed by atoms with van der Waals surface area (Å²) in [7, 11) is 1.69. The molecule has 0 amide bonds. The van der Waals surface area contributed by atoms with E-state index in [1.807, 2.05) is 12.1 Å². The largest absolute Gasteiger partial charge is 0.497 e. The number of hydrogen-bond donors (Lipinski definition) is 0. The second-order valence-electron chi connectivity index (χ2n) is 5.44. The molecular formula is C17H25ClN2O. The highest BCUT2D eigenvalue weighted by molar-refractivity contribution is 6.16. The van der Waals surface area contributed by atoms with Gasteiger partial charge in [0, 0.05) is 12.6 Å². The maximum absolute atomic E-state index is 6.04. The Morgan fingerprint density at radius 2 is 1.90 bits per heavy atom. The molecule has 0 radical (unpaired) electrons. The lowest BCUT2D eigenvalue weighted by atomic mass is 10.1. The van der Waals surface area contributed by atoms with Gasteiger partial charge in [-0.15, -0.1) is 11.6 Å². The van der Waals surface area contributed by atoms with Crippen molar-refractivity contribution < 1.29 is 4.74 Å². The van der Waals surface area contributed by atoms with Crippen molar-refractivity contribution in [2.24, 2.45) is 0 Å². The smallest absolute Gasteiger partial charge is 0.124 e. The topological polar surface area (TPSA) is 27.1 Å². The van der Waals surface area contributed by atoms with Crippen molar-refractivity contribution in [1.82, 2.24) is 9.55 Å². The summed E-state index contributed by atoms with van der Waals surface area (Å²) in [6, 6.07) is 6.00. The lowest BCUT2D eigenvalue weighted by Crippen LogP contribution is -2.02. The SMILES string of the molecule is CCCCCCCCn1c(CCl)nc2ccc(OC)cc21. The molecule has 0 aliphatic carbocycles. The first-order valence-electron chi connectivity index (χ1n) is 7.89. The van der Waals surface area contributed by atoms with Gasteiger partial charge in [-0.2, -0.15) is 0 Å². The Kier molecular flexibility index (Phi) is 6.37. The number of hydrogen-bond acceptors (Lipinski definition) is 2. The van der Waals surface area contributed by atoms with Crippen LogP contribution in [0.15, 0.2) is 18.2 Å². The highest BCUT2D eigenvalue weighted by atomic mass is 35.5.